The molecule has 1 fully saturated rings. The highest BCUT2D eigenvalue weighted by Gasteiger charge is 2.42. The first-order chi connectivity index (χ1) is 11.2. The normalized spacial score (nSPS) is 17.9. The van der Waals surface area contributed by atoms with Crippen molar-refractivity contribution in [3.63, 3.8) is 0 Å². The number of nitrogens with two attached hydrogens (primary N) is 1. The molecule has 2 N–H and O–H groups in total. The molecule has 0 aliphatic carbocycles. The third-order valence-electron chi connectivity index (χ3n) is 4.69. The summed E-state index contributed by atoms with van der Waals surface area (Å²) in [6.45, 7) is 5.96. The Morgan fingerprint density at radius 1 is 1.30 bits per heavy atom. The number of rotatable bonds is 7. The van der Waals surface area contributed by atoms with Crippen LogP contribution in [0.25, 0.3) is 0 Å². The zero-order valence-electron chi connectivity index (χ0n) is 14.3. The van der Waals surface area contributed by atoms with Crippen LogP contribution in [0.4, 0.5) is 5.69 Å². The molecule has 5 heteroatoms. The molecule has 5 nitrogen and oxygen atoms in total. The number of para-hydroxylation sites is 1. The summed E-state index contributed by atoms with van der Waals surface area (Å²) >= 11 is 0. The van der Waals surface area contributed by atoms with Crippen LogP contribution in [0.1, 0.15) is 26.2 Å². The van der Waals surface area contributed by atoms with Gasteiger partial charge in [-0.15, -0.1) is 0 Å². The van der Waals surface area contributed by atoms with Gasteiger partial charge in [0.1, 0.15) is 0 Å². The molecule has 1 amide bonds. The summed E-state index contributed by atoms with van der Waals surface area (Å²) in [5.74, 6) is 0.153. The SMILES string of the molecule is CCC(=O)N(c1ccccc1)C1(COC)CCN(CCN)CC1. The molecular weight excluding hydrogens is 290 g/mol. The lowest BCUT2D eigenvalue weighted by molar-refractivity contribution is -0.120. The van der Waals surface area contributed by atoms with Crippen molar-refractivity contribution in [1.29, 1.82) is 0 Å². The second-order valence-corrected chi connectivity index (χ2v) is 6.21. The van der Waals surface area contributed by atoms with E-state index >= 15 is 0 Å². The summed E-state index contributed by atoms with van der Waals surface area (Å²) in [7, 11) is 1.72. The highest BCUT2D eigenvalue weighted by molar-refractivity contribution is 5.94. The lowest BCUT2D eigenvalue weighted by Gasteiger charge is -2.48. The standard InChI is InChI=1S/C18H29N3O2/c1-3-17(22)21(16-7-5-4-6-8-16)18(15-23-2)9-12-20(13-10-18)14-11-19/h4-8H,3,9-15,19H2,1-2H3. The molecule has 1 aromatic rings. The van der Waals surface area contributed by atoms with E-state index in [4.69, 9.17) is 10.5 Å². The Morgan fingerprint density at radius 3 is 2.48 bits per heavy atom. The number of carbonyl (C=O) groups excluding carboxylic acids is 1. The van der Waals surface area contributed by atoms with Crippen molar-refractivity contribution in [2.75, 3.05) is 44.8 Å². The van der Waals surface area contributed by atoms with Crippen LogP contribution in [0.5, 0.6) is 0 Å². The molecule has 23 heavy (non-hydrogen) atoms. The molecule has 1 aromatic carbocycles. The molecule has 0 bridgehead atoms. The van der Waals surface area contributed by atoms with E-state index in [9.17, 15) is 4.79 Å². The van der Waals surface area contributed by atoms with Gasteiger partial charge in [-0.3, -0.25) is 4.79 Å². The molecule has 2 rings (SSSR count). The molecule has 0 atom stereocenters. The van der Waals surface area contributed by atoms with Gasteiger partial charge in [-0.1, -0.05) is 25.1 Å². The van der Waals surface area contributed by atoms with Gasteiger partial charge in [-0.2, -0.15) is 0 Å². The smallest absolute Gasteiger partial charge is 0.227 e. The number of hydrogen-bond acceptors (Lipinski definition) is 4. The van der Waals surface area contributed by atoms with Crippen LogP contribution >= 0.6 is 0 Å². The van der Waals surface area contributed by atoms with E-state index in [2.05, 4.69) is 4.90 Å². The number of ether oxygens (including phenoxy) is 1. The fourth-order valence-corrected chi connectivity index (χ4v) is 3.49. The summed E-state index contributed by atoms with van der Waals surface area (Å²) in [5.41, 5.74) is 6.37. The molecule has 1 saturated heterocycles. The summed E-state index contributed by atoms with van der Waals surface area (Å²) < 4.78 is 5.54. The van der Waals surface area contributed by atoms with E-state index in [1.54, 1.807) is 7.11 Å². The van der Waals surface area contributed by atoms with E-state index in [0.717, 1.165) is 38.2 Å². The molecule has 1 heterocycles. The van der Waals surface area contributed by atoms with E-state index < -0.39 is 0 Å². The van der Waals surface area contributed by atoms with Crippen LogP contribution < -0.4 is 10.6 Å². The minimum absolute atomic E-state index is 0.153. The number of nitrogens with zero attached hydrogens (tertiary/aromatic N) is 2. The topological polar surface area (TPSA) is 58.8 Å². The first-order valence-electron chi connectivity index (χ1n) is 8.46. The van der Waals surface area contributed by atoms with Crippen LogP contribution in [0, 0.1) is 0 Å². The van der Waals surface area contributed by atoms with Gasteiger partial charge < -0.3 is 20.3 Å². The van der Waals surface area contributed by atoms with Gasteiger partial charge >= 0.3 is 0 Å². The highest BCUT2D eigenvalue weighted by Crippen LogP contribution is 2.34. The van der Waals surface area contributed by atoms with Crippen LogP contribution in [0.3, 0.4) is 0 Å². The number of carbonyl (C=O) groups is 1. The van der Waals surface area contributed by atoms with E-state index in [-0.39, 0.29) is 11.4 Å². The zero-order chi connectivity index (χ0) is 16.7. The Balaban J connectivity index is 2.30. The number of methoxy groups -OCH3 is 1. The molecule has 0 aromatic heterocycles. The summed E-state index contributed by atoms with van der Waals surface area (Å²) in [4.78, 5) is 17.1. The third kappa shape index (κ3) is 4.10. The Hall–Kier alpha value is -1.43. The Morgan fingerprint density at radius 2 is 1.96 bits per heavy atom. The fourth-order valence-electron chi connectivity index (χ4n) is 3.49. The van der Waals surface area contributed by atoms with Crippen molar-refractivity contribution < 1.29 is 9.53 Å². The van der Waals surface area contributed by atoms with E-state index in [1.807, 2.05) is 42.2 Å². The summed E-state index contributed by atoms with van der Waals surface area (Å²) in [5, 5.41) is 0. The first-order valence-corrected chi connectivity index (χ1v) is 8.46. The lowest BCUT2D eigenvalue weighted by atomic mass is 9.85. The highest BCUT2D eigenvalue weighted by atomic mass is 16.5. The van der Waals surface area contributed by atoms with Gasteiger partial charge in [-0.25, -0.2) is 0 Å². The fraction of sp³-hybridized carbons (Fsp3) is 0.611. The number of piperidine rings is 1. The molecule has 1 aliphatic heterocycles. The Bertz CT molecular complexity index is 484. The van der Waals surface area contributed by atoms with E-state index in [0.29, 0.717) is 19.6 Å². The Labute approximate surface area is 139 Å². The third-order valence-corrected chi connectivity index (χ3v) is 4.69. The minimum Gasteiger partial charge on any atom is -0.382 e. The molecule has 0 radical (unpaired) electrons. The molecule has 0 saturated carbocycles. The van der Waals surface area contributed by atoms with Crippen molar-refractivity contribution in [1.82, 2.24) is 4.90 Å². The van der Waals surface area contributed by atoms with Crippen molar-refractivity contribution in [2.45, 2.75) is 31.7 Å². The van der Waals surface area contributed by atoms with Gasteiger partial charge in [0.25, 0.3) is 0 Å². The van der Waals surface area contributed by atoms with Crippen LogP contribution in [0.2, 0.25) is 0 Å². The minimum atomic E-state index is -0.270. The second-order valence-electron chi connectivity index (χ2n) is 6.21. The zero-order valence-corrected chi connectivity index (χ0v) is 14.3. The van der Waals surface area contributed by atoms with Gasteiger partial charge in [-0.05, 0) is 25.0 Å². The van der Waals surface area contributed by atoms with Crippen molar-refractivity contribution in [3.8, 4) is 0 Å². The average Bonchev–Trinajstić information content (AvgIpc) is 2.58. The number of hydrogen-bond donors (Lipinski definition) is 1. The van der Waals surface area contributed by atoms with Gasteiger partial charge in [0.2, 0.25) is 5.91 Å². The summed E-state index contributed by atoms with van der Waals surface area (Å²) in [6.07, 6.45) is 2.30. The average molecular weight is 319 g/mol. The number of amides is 1. The second kappa shape index (κ2) is 8.43. The molecular formula is C18H29N3O2. The molecule has 0 unspecified atom stereocenters. The van der Waals surface area contributed by atoms with Crippen LogP contribution in [0.15, 0.2) is 30.3 Å². The Kier molecular flexibility index (Phi) is 6.57. The predicted molar refractivity (Wildman–Crippen MR) is 93.6 cm³/mol. The first kappa shape index (κ1) is 17.9. The monoisotopic (exact) mass is 319 g/mol. The maximum atomic E-state index is 12.7. The quantitative estimate of drug-likeness (QED) is 0.833. The maximum Gasteiger partial charge on any atom is 0.227 e. The van der Waals surface area contributed by atoms with Crippen LogP contribution in [-0.2, 0) is 9.53 Å². The molecule has 0 spiro atoms. The van der Waals surface area contributed by atoms with Gasteiger partial charge in [0.15, 0.2) is 0 Å². The van der Waals surface area contributed by atoms with Crippen molar-refractivity contribution in [3.05, 3.63) is 30.3 Å². The molecule has 128 valence electrons. The van der Waals surface area contributed by atoms with Gasteiger partial charge in [0, 0.05) is 45.4 Å². The predicted octanol–water partition coefficient (Wildman–Crippen LogP) is 1.87. The largest absolute Gasteiger partial charge is 0.382 e. The van der Waals surface area contributed by atoms with E-state index in [1.165, 1.54) is 0 Å². The number of likely N-dealkylation sites (tertiary alicyclic amines) is 1. The van der Waals surface area contributed by atoms with Crippen LogP contribution in [-0.4, -0.2) is 56.2 Å². The number of benzene rings is 1. The maximum absolute atomic E-state index is 12.7. The van der Waals surface area contributed by atoms with Crippen molar-refractivity contribution >= 4 is 11.6 Å². The number of anilines is 1. The van der Waals surface area contributed by atoms with Crippen molar-refractivity contribution in [2.24, 2.45) is 5.73 Å². The van der Waals surface area contributed by atoms with Gasteiger partial charge in [0.05, 0.1) is 12.1 Å². The summed E-state index contributed by atoms with van der Waals surface area (Å²) in [6, 6.07) is 9.96. The molecule has 1 aliphatic rings. The lowest BCUT2D eigenvalue weighted by Crippen LogP contribution is -2.60.